The first-order chi connectivity index (χ1) is 16.2. The van der Waals surface area contributed by atoms with Crippen LogP contribution in [-0.2, 0) is 21.2 Å². The Morgan fingerprint density at radius 3 is 2.79 bits per heavy atom. The van der Waals surface area contributed by atoms with Gasteiger partial charge in [-0.25, -0.2) is 13.1 Å². The maximum Gasteiger partial charge on any atom is 0.320 e. The van der Waals surface area contributed by atoms with Crippen molar-refractivity contribution < 1.29 is 27.6 Å². The number of carboxylic acid groups (broad SMARTS) is 1. The van der Waals surface area contributed by atoms with Crippen molar-refractivity contribution in [2.45, 2.75) is 38.8 Å². The van der Waals surface area contributed by atoms with E-state index in [-0.39, 0.29) is 6.10 Å². The van der Waals surface area contributed by atoms with E-state index in [0.29, 0.717) is 24.6 Å². The molecule has 3 aromatic rings. The SMILES string of the molecule is CNc1cc(-c2nc(-c3cccc4c3CC[C@@H]4NS(=O)(=O)CC(=O)O)no2)ccc1OC(C)C. The van der Waals surface area contributed by atoms with Gasteiger partial charge in [-0.2, -0.15) is 4.98 Å². The maximum absolute atomic E-state index is 12.1. The Bertz CT molecular complexity index is 1320. The van der Waals surface area contributed by atoms with E-state index in [0.717, 1.165) is 33.7 Å². The largest absolute Gasteiger partial charge is 0.489 e. The molecule has 0 saturated heterocycles. The minimum absolute atomic E-state index is 0.0329. The molecule has 0 aliphatic heterocycles. The van der Waals surface area contributed by atoms with E-state index < -0.39 is 27.8 Å². The van der Waals surface area contributed by atoms with Gasteiger partial charge < -0.3 is 19.7 Å². The predicted molar refractivity (Wildman–Crippen MR) is 126 cm³/mol. The average molecular weight is 487 g/mol. The second-order valence-corrected chi connectivity index (χ2v) is 10.0. The number of anilines is 1. The number of benzene rings is 2. The molecule has 0 fully saturated rings. The third kappa shape index (κ3) is 5.05. The lowest BCUT2D eigenvalue weighted by atomic mass is 10.0. The van der Waals surface area contributed by atoms with Gasteiger partial charge in [-0.1, -0.05) is 23.4 Å². The lowest BCUT2D eigenvalue weighted by Gasteiger charge is -2.14. The Labute approximate surface area is 197 Å². The number of carbonyl (C=O) groups is 1. The van der Waals surface area contributed by atoms with E-state index in [4.69, 9.17) is 14.4 Å². The smallest absolute Gasteiger partial charge is 0.320 e. The van der Waals surface area contributed by atoms with Gasteiger partial charge in [0.25, 0.3) is 5.89 Å². The van der Waals surface area contributed by atoms with Crippen LogP contribution < -0.4 is 14.8 Å². The van der Waals surface area contributed by atoms with Crippen LogP contribution in [0.4, 0.5) is 5.69 Å². The van der Waals surface area contributed by atoms with Gasteiger partial charge in [0.2, 0.25) is 15.8 Å². The van der Waals surface area contributed by atoms with Gasteiger partial charge >= 0.3 is 5.97 Å². The van der Waals surface area contributed by atoms with Gasteiger partial charge in [0.15, 0.2) is 5.75 Å². The van der Waals surface area contributed by atoms with Gasteiger partial charge in [0.1, 0.15) is 5.75 Å². The van der Waals surface area contributed by atoms with Crippen molar-refractivity contribution in [3.8, 4) is 28.6 Å². The summed E-state index contributed by atoms with van der Waals surface area (Å²) in [7, 11) is -2.14. The van der Waals surface area contributed by atoms with Crippen molar-refractivity contribution in [3.63, 3.8) is 0 Å². The molecule has 1 atom stereocenters. The number of hydrogen-bond acceptors (Lipinski definition) is 8. The van der Waals surface area contributed by atoms with E-state index in [1.807, 2.05) is 44.2 Å². The molecule has 11 heteroatoms. The van der Waals surface area contributed by atoms with Crippen molar-refractivity contribution in [2.24, 2.45) is 0 Å². The maximum atomic E-state index is 12.1. The molecule has 4 rings (SSSR count). The highest BCUT2D eigenvalue weighted by molar-refractivity contribution is 7.90. The summed E-state index contributed by atoms with van der Waals surface area (Å²) in [6.07, 6.45) is 1.14. The van der Waals surface area contributed by atoms with Crippen LogP contribution in [0.1, 0.15) is 37.4 Å². The molecule has 1 aromatic heterocycles. The molecular formula is C23H26N4O6S. The van der Waals surface area contributed by atoms with Gasteiger partial charge in [-0.3, -0.25) is 4.79 Å². The predicted octanol–water partition coefficient (Wildman–Crippen LogP) is 3.22. The summed E-state index contributed by atoms with van der Waals surface area (Å²) in [5, 5.41) is 16.1. The fraction of sp³-hybridized carbons (Fsp3) is 0.348. The number of sulfonamides is 1. The molecule has 0 bridgehead atoms. The number of rotatable bonds is 9. The molecule has 0 spiro atoms. The number of carboxylic acids is 1. The summed E-state index contributed by atoms with van der Waals surface area (Å²) in [6, 6.07) is 10.5. The molecule has 0 radical (unpaired) electrons. The summed E-state index contributed by atoms with van der Waals surface area (Å²) in [5.41, 5.74) is 3.97. The number of nitrogens with zero attached hydrogens (tertiary/aromatic N) is 2. The van der Waals surface area contributed by atoms with Gasteiger partial charge in [-0.05, 0) is 56.0 Å². The summed E-state index contributed by atoms with van der Waals surface area (Å²) in [5.74, 6) is -0.906. The molecule has 1 aliphatic carbocycles. The normalized spacial score (nSPS) is 15.4. The van der Waals surface area contributed by atoms with E-state index >= 15 is 0 Å². The Morgan fingerprint density at radius 1 is 1.29 bits per heavy atom. The van der Waals surface area contributed by atoms with Crippen molar-refractivity contribution in [1.82, 2.24) is 14.9 Å². The van der Waals surface area contributed by atoms with E-state index in [1.165, 1.54) is 0 Å². The number of aliphatic carboxylic acids is 1. The quantitative estimate of drug-likeness (QED) is 0.415. The van der Waals surface area contributed by atoms with E-state index in [2.05, 4.69) is 20.2 Å². The lowest BCUT2D eigenvalue weighted by molar-refractivity contribution is -0.134. The standard InChI is InChI=1S/C23H26N4O6S/c1-13(2)32-20-10-7-14(11-19(20)24-3)23-25-22(26-33-23)17-6-4-5-16-15(17)8-9-18(16)27-34(30,31)12-21(28)29/h4-7,10-11,13,18,24,27H,8-9,12H2,1-3H3,(H,28,29)/t18-/m0/s1. The molecule has 34 heavy (non-hydrogen) atoms. The van der Waals surface area contributed by atoms with Gasteiger partial charge in [0, 0.05) is 24.2 Å². The first-order valence-corrected chi connectivity index (χ1v) is 12.5. The van der Waals surface area contributed by atoms with E-state index in [1.54, 1.807) is 13.1 Å². The minimum Gasteiger partial charge on any atom is -0.489 e. The lowest BCUT2D eigenvalue weighted by Crippen LogP contribution is -2.32. The summed E-state index contributed by atoms with van der Waals surface area (Å²) < 4.78 is 38.1. The zero-order valence-corrected chi connectivity index (χ0v) is 19.8. The first-order valence-electron chi connectivity index (χ1n) is 10.8. The van der Waals surface area contributed by atoms with Crippen LogP contribution in [0, 0.1) is 0 Å². The summed E-state index contributed by atoms with van der Waals surface area (Å²) in [4.78, 5) is 15.4. The van der Waals surface area contributed by atoms with Crippen molar-refractivity contribution in [3.05, 3.63) is 47.5 Å². The van der Waals surface area contributed by atoms with Crippen LogP contribution in [-0.4, -0.2) is 48.5 Å². The van der Waals surface area contributed by atoms with Gasteiger partial charge in [0.05, 0.1) is 11.8 Å². The van der Waals surface area contributed by atoms with Crippen LogP contribution in [0.3, 0.4) is 0 Å². The van der Waals surface area contributed by atoms with Crippen LogP contribution in [0.25, 0.3) is 22.8 Å². The fourth-order valence-corrected chi connectivity index (χ4v) is 5.16. The molecule has 0 unspecified atom stereocenters. The van der Waals surface area contributed by atoms with Crippen LogP contribution in [0.2, 0.25) is 0 Å². The molecule has 1 aliphatic rings. The number of hydrogen-bond donors (Lipinski definition) is 3. The summed E-state index contributed by atoms with van der Waals surface area (Å²) in [6.45, 7) is 3.91. The zero-order valence-electron chi connectivity index (χ0n) is 19.0. The highest BCUT2D eigenvalue weighted by Gasteiger charge is 2.30. The Balaban J connectivity index is 1.61. The highest BCUT2D eigenvalue weighted by atomic mass is 32.2. The monoisotopic (exact) mass is 486 g/mol. The number of nitrogens with one attached hydrogen (secondary N) is 2. The first kappa shape index (κ1) is 23.7. The van der Waals surface area contributed by atoms with Crippen LogP contribution in [0.15, 0.2) is 40.9 Å². The van der Waals surface area contributed by atoms with E-state index in [9.17, 15) is 13.2 Å². The minimum atomic E-state index is -3.95. The molecular weight excluding hydrogens is 460 g/mol. The number of aromatic nitrogens is 2. The molecule has 0 saturated carbocycles. The molecule has 1 heterocycles. The van der Waals surface area contributed by atoms with Crippen molar-refractivity contribution >= 4 is 21.7 Å². The van der Waals surface area contributed by atoms with Crippen LogP contribution in [0.5, 0.6) is 5.75 Å². The van der Waals surface area contributed by atoms with Crippen molar-refractivity contribution in [2.75, 3.05) is 18.1 Å². The number of fused-ring (bicyclic) bond motifs is 1. The third-order valence-corrected chi connectivity index (χ3v) is 6.70. The third-order valence-electron chi connectivity index (χ3n) is 5.43. The topological polar surface area (TPSA) is 144 Å². The molecule has 180 valence electrons. The highest BCUT2D eigenvalue weighted by Crippen LogP contribution is 2.38. The zero-order chi connectivity index (χ0) is 24.5. The second-order valence-electron chi connectivity index (χ2n) is 8.29. The second kappa shape index (κ2) is 9.43. The van der Waals surface area contributed by atoms with Gasteiger partial charge in [-0.15, -0.1) is 0 Å². The molecule has 0 amide bonds. The number of ether oxygens (including phenoxy) is 1. The fourth-order valence-electron chi connectivity index (χ4n) is 4.07. The Morgan fingerprint density at radius 2 is 2.09 bits per heavy atom. The molecule has 2 aromatic carbocycles. The average Bonchev–Trinajstić information content (AvgIpc) is 3.40. The summed E-state index contributed by atoms with van der Waals surface area (Å²) >= 11 is 0. The Hall–Kier alpha value is -3.44. The molecule has 10 nitrogen and oxygen atoms in total. The molecule has 3 N–H and O–H groups in total. The van der Waals surface area contributed by atoms with Crippen LogP contribution >= 0.6 is 0 Å². The Kier molecular flexibility index (Phi) is 6.58. The van der Waals surface area contributed by atoms with Crippen molar-refractivity contribution in [1.29, 1.82) is 0 Å².